The van der Waals surface area contributed by atoms with Gasteiger partial charge in [0.05, 0.1) is 12.2 Å². The topological polar surface area (TPSA) is 69.6 Å². The van der Waals surface area contributed by atoms with Crippen LogP contribution in [0, 0.1) is 0 Å². The highest BCUT2D eigenvalue weighted by Crippen LogP contribution is 2.41. The molecule has 0 radical (unpaired) electrons. The predicted molar refractivity (Wildman–Crippen MR) is 83.1 cm³/mol. The molecule has 0 atom stereocenters. The van der Waals surface area contributed by atoms with Crippen molar-refractivity contribution >= 4 is 17.2 Å². The molecule has 1 aliphatic carbocycles. The van der Waals surface area contributed by atoms with E-state index in [0.29, 0.717) is 24.0 Å². The Morgan fingerprint density at radius 1 is 1.24 bits per heavy atom. The van der Waals surface area contributed by atoms with Crippen LogP contribution in [0.1, 0.15) is 30.0 Å². The van der Waals surface area contributed by atoms with Gasteiger partial charge < -0.3 is 5.73 Å². The van der Waals surface area contributed by atoms with Crippen molar-refractivity contribution in [1.82, 2.24) is 20.0 Å². The van der Waals surface area contributed by atoms with Crippen molar-refractivity contribution in [2.75, 3.05) is 5.73 Å². The summed E-state index contributed by atoms with van der Waals surface area (Å²) in [7, 11) is 0. The number of nitrogen functional groups attached to an aromatic ring is 1. The number of anilines is 1. The first kappa shape index (κ1) is 12.5. The third kappa shape index (κ3) is 2.42. The molecule has 1 aliphatic rings. The van der Waals surface area contributed by atoms with Crippen molar-refractivity contribution < 1.29 is 0 Å². The van der Waals surface area contributed by atoms with Crippen LogP contribution in [0.2, 0.25) is 0 Å². The summed E-state index contributed by atoms with van der Waals surface area (Å²) in [6.45, 7) is 0.626. The van der Waals surface area contributed by atoms with Crippen molar-refractivity contribution in [1.29, 1.82) is 0 Å². The van der Waals surface area contributed by atoms with Crippen LogP contribution in [0.4, 0.5) is 5.82 Å². The summed E-state index contributed by atoms with van der Waals surface area (Å²) in [5.41, 5.74) is 9.21. The molecular weight excluding hydrogens is 282 g/mol. The predicted octanol–water partition coefficient (Wildman–Crippen LogP) is 2.91. The van der Waals surface area contributed by atoms with Crippen LogP contribution in [-0.4, -0.2) is 20.0 Å². The van der Waals surface area contributed by atoms with Gasteiger partial charge in [-0.05, 0) is 18.4 Å². The van der Waals surface area contributed by atoms with E-state index in [9.17, 15) is 0 Å². The van der Waals surface area contributed by atoms with Crippen LogP contribution < -0.4 is 5.73 Å². The Morgan fingerprint density at radius 2 is 2.05 bits per heavy atom. The Bertz CT molecular complexity index is 757. The minimum absolute atomic E-state index is 0.579. The standard InChI is InChI=1S/C15H15N5S/c16-14-13(15-17-12(9-21-15)11-6-7-11)18-19-20(14)8-10-4-2-1-3-5-10/h1-5,9,11H,6-8,16H2. The maximum Gasteiger partial charge on any atom is 0.165 e. The lowest BCUT2D eigenvalue weighted by atomic mass is 10.2. The van der Waals surface area contributed by atoms with E-state index < -0.39 is 0 Å². The molecule has 106 valence electrons. The zero-order chi connectivity index (χ0) is 14.2. The maximum absolute atomic E-state index is 6.19. The van der Waals surface area contributed by atoms with E-state index in [4.69, 9.17) is 5.73 Å². The second kappa shape index (κ2) is 4.96. The average molecular weight is 297 g/mol. The van der Waals surface area contributed by atoms with Gasteiger partial charge in [-0.3, -0.25) is 0 Å². The highest BCUT2D eigenvalue weighted by atomic mass is 32.1. The molecule has 0 amide bonds. The summed E-state index contributed by atoms with van der Waals surface area (Å²) in [6, 6.07) is 10.1. The quantitative estimate of drug-likeness (QED) is 0.804. The third-order valence-electron chi connectivity index (χ3n) is 3.67. The molecule has 5 nitrogen and oxygen atoms in total. The molecule has 1 saturated carbocycles. The van der Waals surface area contributed by atoms with Crippen LogP contribution in [0.5, 0.6) is 0 Å². The zero-order valence-corrected chi connectivity index (χ0v) is 12.3. The van der Waals surface area contributed by atoms with E-state index in [1.807, 2.05) is 18.2 Å². The molecule has 0 unspecified atom stereocenters. The molecule has 21 heavy (non-hydrogen) atoms. The van der Waals surface area contributed by atoms with Gasteiger partial charge in [-0.1, -0.05) is 35.5 Å². The number of benzene rings is 1. The Hall–Kier alpha value is -2.21. The molecule has 0 aliphatic heterocycles. The van der Waals surface area contributed by atoms with Crippen LogP contribution in [-0.2, 0) is 6.54 Å². The van der Waals surface area contributed by atoms with Gasteiger partial charge >= 0.3 is 0 Å². The van der Waals surface area contributed by atoms with Crippen molar-refractivity contribution in [2.45, 2.75) is 25.3 Å². The number of nitrogens with two attached hydrogens (primary N) is 1. The van der Waals surface area contributed by atoms with E-state index in [0.717, 1.165) is 10.6 Å². The van der Waals surface area contributed by atoms with Crippen molar-refractivity contribution in [3.05, 3.63) is 47.0 Å². The lowest BCUT2D eigenvalue weighted by molar-refractivity contribution is 0.658. The Labute approximate surface area is 126 Å². The number of aromatic nitrogens is 4. The molecule has 1 fully saturated rings. The Morgan fingerprint density at radius 3 is 2.81 bits per heavy atom. The van der Waals surface area contributed by atoms with Crippen LogP contribution in [0.3, 0.4) is 0 Å². The average Bonchev–Trinajstić information content (AvgIpc) is 3.15. The molecule has 0 bridgehead atoms. The molecule has 0 saturated heterocycles. The number of thiazole rings is 1. The fourth-order valence-corrected chi connectivity index (χ4v) is 3.20. The first-order valence-electron chi connectivity index (χ1n) is 7.00. The molecule has 2 aromatic heterocycles. The fraction of sp³-hybridized carbons (Fsp3) is 0.267. The van der Waals surface area contributed by atoms with E-state index >= 15 is 0 Å². The molecule has 3 aromatic rings. The Balaban J connectivity index is 1.61. The van der Waals surface area contributed by atoms with E-state index in [2.05, 4.69) is 32.8 Å². The lowest BCUT2D eigenvalue weighted by Crippen LogP contribution is -2.06. The monoisotopic (exact) mass is 297 g/mol. The largest absolute Gasteiger partial charge is 0.382 e. The fourth-order valence-electron chi connectivity index (χ4n) is 2.31. The third-order valence-corrected chi connectivity index (χ3v) is 4.54. The molecule has 2 N–H and O–H groups in total. The van der Waals surface area contributed by atoms with Crippen LogP contribution in [0.15, 0.2) is 35.7 Å². The molecule has 2 heterocycles. The van der Waals surface area contributed by atoms with E-state index in [1.165, 1.54) is 18.5 Å². The summed E-state index contributed by atoms with van der Waals surface area (Å²) < 4.78 is 1.73. The minimum atomic E-state index is 0.579. The van der Waals surface area contributed by atoms with Gasteiger partial charge in [-0.15, -0.1) is 16.4 Å². The molecule has 6 heteroatoms. The van der Waals surface area contributed by atoms with Crippen molar-refractivity contribution in [3.8, 4) is 10.7 Å². The number of hydrogen-bond donors (Lipinski definition) is 1. The van der Waals surface area contributed by atoms with Gasteiger partial charge in [0.2, 0.25) is 0 Å². The first-order valence-corrected chi connectivity index (χ1v) is 7.88. The molecule has 4 rings (SSSR count). The van der Waals surface area contributed by atoms with E-state index in [-0.39, 0.29) is 0 Å². The van der Waals surface area contributed by atoms with Gasteiger partial charge in [-0.2, -0.15) is 0 Å². The number of rotatable bonds is 4. The van der Waals surface area contributed by atoms with Gasteiger partial charge in [0.1, 0.15) is 5.01 Å². The number of hydrogen-bond acceptors (Lipinski definition) is 5. The molecule has 0 spiro atoms. The Kier molecular flexibility index (Phi) is 2.96. The first-order chi connectivity index (χ1) is 10.3. The summed E-state index contributed by atoms with van der Waals surface area (Å²) in [6.07, 6.45) is 2.50. The highest BCUT2D eigenvalue weighted by Gasteiger charge is 2.27. The number of nitrogens with zero attached hydrogens (tertiary/aromatic N) is 4. The SMILES string of the molecule is Nc1c(-c2nc(C3CC3)cs2)nnn1Cc1ccccc1. The highest BCUT2D eigenvalue weighted by molar-refractivity contribution is 7.13. The zero-order valence-electron chi connectivity index (χ0n) is 11.4. The maximum atomic E-state index is 6.19. The van der Waals surface area contributed by atoms with Crippen molar-refractivity contribution in [2.24, 2.45) is 0 Å². The minimum Gasteiger partial charge on any atom is -0.382 e. The second-order valence-corrected chi connectivity index (χ2v) is 6.18. The van der Waals surface area contributed by atoms with Gasteiger partial charge in [-0.25, -0.2) is 9.67 Å². The van der Waals surface area contributed by atoms with Crippen molar-refractivity contribution in [3.63, 3.8) is 0 Å². The van der Waals surface area contributed by atoms with Gasteiger partial charge in [0, 0.05) is 11.3 Å². The van der Waals surface area contributed by atoms with Crippen LogP contribution >= 0.6 is 11.3 Å². The molecule has 1 aromatic carbocycles. The lowest BCUT2D eigenvalue weighted by Gasteiger charge is -2.02. The summed E-state index contributed by atoms with van der Waals surface area (Å²) in [5, 5.41) is 11.4. The van der Waals surface area contributed by atoms with Crippen LogP contribution in [0.25, 0.3) is 10.7 Å². The second-order valence-electron chi connectivity index (χ2n) is 5.32. The van der Waals surface area contributed by atoms with Gasteiger partial charge in [0.25, 0.3) is 0 Å². The summed E-state index contributed by atoms with van der Waals surface area (Å²) in [4.78, 5) is 4.65. The molecular formula is C15H15N5S. The van der Waals surface area contributed by atoms with E-state index in [1.54, 1.807) is 16.0 Å². The summed E-state index contributed by atoms with van der Waals surface area (Å²) in [5.74, 6) is 1.23. The summed E-state index contributed by atoms with van der Waals surface area (Å²) >= 11 is 1.60. The normalized spacial score (nSPS) is 14.5. The smallest absolute Gasteiger partial charge is 0.165 e. The van der Waals surface area contributed by atoms with Gasteiger partial charge in [0.15, 0.2) is 11.5 Å².